The molecule has 2 aromatic carbocycles. The average molecular weight is 323 g/mol. The van der Waals surface area contributed by atoms with Crippen LogP contribution in [0.5, 0.6) is 0 Å². The minimum absolute atomic E-state index is 0.214. The van der Waals surface area contributed by atoms with Crippen molar-refractivity contribution >= 4 is 34.8 Å². The highest BCUT2D eigenvalue weighted by atomic mass is 35.5. The maximum Gasteiger partial charge on any atom is 0.251 e. The topological polar surface area (TPSA) is 55.1 Å². The fourth-order valence-electron chi connectivity index (χ4n) is 2.04. The lowest BCUT2D eigenvalue weighted by Gasteiger charge is -2.09. The van der Waals surface area contributed by atoms with Crippen molar-refractivity contribution in [2.45, 2.75) is 13.3 Å². The van der Waals surface area contributed by atoms with Crippen LogP contribution in [0.2, 0.25) is 10.0 Å². The third kappa shape index (κ3) is 3.90. The number of halogens is 2. The molecule has 0 fully saturated rings. The van der Waals surface area contributed by atoms with Gasteiger partial charge in [0.05, 0.1) is 15.7 Å². The number of anilines is 1. The van der Waals surface area contributed by atoms with Gasteiger partial charge in [-0.2, -0.15) is 0 Å². The summed E-state index contributed by atoms with van der Waals surface area (Å²) in [5.74, 6) is -0.214. The van der Waals surface area contributed by atoms with Crippen LogP contribution in [-0.2, 0) is 6.42 Å². The molecule has 110 valence electrons. The Labute approximate surface area is 134 Å². The Hall–Kier alpha value is -1.71. The molecule has 1 amide bonds. The van der Waals surface area contributed by atoms with Crippen molar-refractivity contribution in [3.05, 3.63) is 63.1 Å². The van der Waals surface area contributed by atoms with Gasteiger partial charge in [0, 0.05) is 12.1 Å². The molecule has 0 aromatic heterocycles. The highest BCUT2D eigenvalue weighted by molar-refractivity contribution is 6.43. The summed E-state index contributed by atoms with van der Waals surface area (Å²) in [6.45, 7) is 2.60. The van der Waals surface area contributed by atoms with Gasteiger partial charge in [0.25, 0.3) is 5.91 Å². The Kier molecular flexibility index (Phi) is 5.10. The van der Waals surface area contributed by atoms with Crippen molar-refractivity contribution in [3.8, 4) is 0 Å². The second kappa shape index (κ2) is 6.83. The van der Waals surface area contributed by atoms with E-state index in [2.05, 4.69) is 24.4 Å². The Morgan fingerprint density at radius 3 is 2.62 bits per heavy atom. The van der Waals surface area contributed by atoms with E-state index in [9.17, 15) is 4.79 Å². The molecule has 0 aliphatic heterocycles. The SMILES string of the molecule is Cc1ccccc1CCNC(=O)c1cc(N)c(Cl)c(Cl)c1. The van der Waals surface area contributed by atoms with Gasteiger partial charge >= 0.3 is 0 Å². The van der Waals surface area contributed by atoms with E-state index in [1.807, 2.05) is 12.1 Å². The number of hydrogen-bond donors (Lipinski definition) is 2. The number of nitrogens with two attached hydrogens (primary N) is 1. The van der Waals surface area contributed by atoms with E-state index in [1.165, 1.54) is 23.3 Å². The summed E-state index contributed by atoms with van der Waals surface area (Å²) in [6.07, 6.45) is 0.773. The van der Waals surface area contributed by atoms with E-state index in [0.29, 0.717) is 17.8 Å². The molecule has 3 nitrogen and oxygen atoms in total. The van der Waals surface area contributed by atoms with Gasteiger partial charge in [0.1, 0.15) is 0 Å². The van der Waals surface area contributed by atoms with Crippen molar-refractivity contribution in [2.24, 2.45) is 0 Å². The van der Waals surface area contributed by atoms with Gasteiger partial charge in [-0.05, 0) is 36.6 Å². The monoisotopic (exact) mass is 322 g/mol. The quantitative estimate of drug-likeness (QED) is 0.840. The molecule has 0 atom stereocenters. The molecule has 0 spiro atoms. The first-order valence-electron chi connectivity index (χ1n) is 6.56. The predicted molar refractivity (Wildman–Crippen MR) is 88.1 cm³/mol. The summed E-state index contributed by atoms with van der Waals surface area (Å²) in [6, 6.07) is 11.1. The Morgan fingerprint density at radius 2 is 1.95 bits per heavy atom. The van der Waals surface area contributed by atoms with E-state index in [1.54, 1.807) is 0 Å². The molecule has 21 heavy (non-hydrogen) atoms. The molecule has 3 N–H and O–H groups in total. The van der Waals surface area contributed by atoms with Crippen LogP contribution in [0, 0.1) is 6.92 Å². The number of benzene rings is 2. The highest BCUT2D eigenvalue weighted by Crippen LogP contribution is 2.29. The molecule has 2 rings (SSSR count). The highest BCUT2D eigenvalue weighted by Gasteiger charge is 2.11. The minimum atomic E-state index is -0.214. The Balaban J connectivity index is 1.98. The van der Waals surface area contributed by atoms with Crippen molar-refractivity contribution in [3.63, 3.8) is 0 Å². The van der Waals surface area contributed by atoms with Gasteiger partial charge < -0.3 is 11.1 Å². The van der Waals surface area contributed by atoms with Crippen molar-refractivity contribution in [1.29, 1.82) is 0 Å². The molecule has 5 heteroatoms. The van der Waals surface area contributed by atoms with Crippen molar-refractivity contribution in [2.75, 3.05) is 12.3 Å². The van der Waals surface area contributed by atoms with Crippen LogP contribution < -0.4 is 11.1 Å². The van der Waals surface area contributed by atoms with Crippen LogP contribution in [0.15, 0.2) is 36.4 Å². The molecule has 0 unspecified atom stereocenters. The van der Waals surface area contributed by atoms with Gasteiger partial charge in [0.2, 0.25) is 0 Å². The van der Waals surface area contributed by atoms with Gasteiger partial charge in [-0.25, -0.2) is 0 Å². The molecule has 0 bridgehead atoms. The summed E-state index contributed by atoms with van der Waals surface area (Å²) < 4.78 is 0. The fraction of sp³-hybridized carbons (Fsp3) is 0.188. The van der Waals surface area contributed by atoms with Gasteiger partial charge in [-0.15, -0.1) is 0 Å². The number of carbonyl (C=O) groups excluding carboxylic acids is 1. The first-order valence-corrected chi connectivity index (χ1v) is 7.32. The lowest BCUT2D eigenvalue weighted by Crippen LogP contribution is -2.26. The molecular weight excluding hydrogens is 307 g/mol. The van der Waals surface area contributed by atoms with Crippen LogP contribution in [0.4, 0.5) is 5.69 Å². The molecule has 0 aliphatic carbocycles. The largest absolute Gasteiger partial charge is 0.397 e. The normalized spacial score (nSPS) is 10.4. The summed E-state index contributed by atoms with van der Waals surface area (Å²) in [4.78, 5) is 12.1. The zero-order valence-electron chi connectivity index (χ0n) is 11.6. The van der Waals surface area contributed by atoms with Gasteiger partial charge in [0.15, 0.2) is 0 Å². The van der Waals surface area contributed by atoms with Gasteiger partial charge in [-0.3, -0.25) is 4.79 Å². The lowest BCUT2D eigenvalue weighted by atomic mass is 10.1. The zero-order chi connectivity index (χ0) is 15.4. The zero-order valence-corrected chi connectivity index (χ0v) is 13.1. The Morgan fingerprint density at radius 1 is 1.24 bits per heavy atom. The molecular formula is C16H16Cl2N2O. The average Bonchev–Trinajstić information content (AvgIpc) is 2.46. The standard InChI is InChI=1S/C16H16Cl2N2O/c1-10-4-2-3-5-11(10)6-7-20-16(21)12-8-13(17)15(18)14(19)9-12/h2-5,8-9H,6-7,19H2,1H3,(H,20,21). The molecule has 0 aliphatic rings. The molecule has 2 aromatic rings. The van der Waals surface area contributed by atoms with E-state index < -0.39 is 0 Å². The first-order chi connectivity index (χ1) is 9.99. The second-order valence-corrected chi connectivity index (χ2v) is 5.58. The Bertz CT molecular complexity index is 648. The molecule has 0 saturated heterocycles. The second-order valence-electron chi connectivity index (χ2n) is 4.79. The third-order valence-corrected chi connectivity index (χ3v) is 4.08. The van der Waals surface area contributed by atoms with Gasteiger partial charge in [-0.1, -0.05) is 47.5 Å². The van der Waals surface area contributed by atoms with Crippen LogP contribution in [0.25, 0.3) is 0 Å². The summed E-state index contributed by atoms with van der Waals surface area (Å²) in [5.41, 5.74) is 8.84. The maximum absolute atomic E-state index is 12.1. The number of nitrogen functional groups attached to an aromatic ring is 1. The van der Waals surface area contributed by atoms with Crippen LogP contribution in [0.1, 0.15) is 21.5 Å². The molecule has 0 heterocycles. The number of amides is 1. The summed E-state index contributed by atoms with van der Waals surface area (Å²) in [5, 5.41) is 3.40. The molecule has 0 saturated carbocycles. The van der Waals surface area contributed by atoms with Crippen molar-refractivity contribution < 1.29 is 4.79 Å². The van der Waals surface area contributed by atoms with Crippen LogP contribution >= 0.6 is 23.2 Å². The summed E-state index contributed by atoms with van der Waals surface area (Å²) in [7, 11) is 0. The molecule has 0 radical (unpaired) electrons. The van der Waals surface area contributed by atoms with E-state index in [-0.39, 0.29) is 16.0 Å². The number of carbonyl (C=O) groups is 1. The number of hydrogen-bond acceptors (Lipinski definition) is 2. The fourth-order valence-corrected chi connectivity index (χ4v) is 2.38. The number of nitrogens with one attached hydrogen (secondary N) is 1. The smallest absolute Gasteiger partial charge is 0.251 e. The minimum Gasteiger partial charge on any atom is -0.397 e. The first kappa shape index (κ1) is 15.7. The van der Waals surface area contributed by atoms with Crippen molar-refractivity contribution in [1.82, 2.24) is 5.32 Å². The third-order valence-electron chi connectivity index (χ3n) is 3.26. The van der Waals surface area contributed by atoms with E-state index >= 15 is 0 Å². The predicted octanol–water partition coefficient (Wildman–Crippen LogP) is 3.86. The summed E-state index contributed by atoms with van der Waals surface area (Å²) >= 11 is 11.8. The van der Waals surface area contributed by atoms with Crippen LogP contribution in [0.3, 0.4) is 0 Å². The number of aryl methyl sites for hydroxylation is 1. The lowest BCUT2D eigenvalue weighted by molar-refractivity contribution is 0.0954. The maximum atomic E-state index is 12.1. The number of rotatable bonds is 4. The van der Waals surface area contributed by atoms with E-state index in [0.717, 1.165) is 6.42 Å². The van der Waals surface area contributed by atoms with E-state index in [4.69, 9.17) is 28.9 Å². The van der Waals surface area contributed by atoms with Crippen LogP contribution in [-0.4, -0.2) is 12.5 Å².